The molecule has 0 spiro atoms. The molecule has 0 unspecified atom stereocenters. The van der Waals surface area contributed by atoms with Gasteiger partial charge in [0.2, 0.25) is 0 Å². The van der Waals surface area contributed by atoms with Crippen LogP contribution >= 0.6 is 11.3 Å². The van der Waals surface area contributed by atoms with E-state index in [2.05, 4.69) is 54.6 Å². The Kier molecular flexibility index (Phi) is 3.63. The van der Waals surface area contributed by atoms with Gasteiger partial charge in [-0.2, -0.15) is 0 Å². The van der Waals surface area contributed by atoms with E-state index < -0.39 is 0 Å². The highest BCUT2D eigenvalue weighted by Crippen LogP contribution is 2.39. The van der Waals surface area contributed by atoms with Gasteiger partial charge in [0.15, 0.2) is 0 Å². The molecule has 0 bridgehead atoms. The Bertz CT molecular complexity index is 1090. The largest absolute Gasteiger partial charge is 0.405 e. The molecule has 3 heteroatoms. The van der Waals surface area contributed by atoms with Crippen LogP contribution in [0, 0.1) is 5.41 Å². The molecule has 0 aliphatic rings. The van der Waals surface area contributed by atoms with Crippen LogP contribution in [0.15, 0.2) is 79.0 Å². The number of rotatable bonds is 3. The van der Waals surface area contributed by atoms with Crippen molar-refractivity contribution in [1.29, 1.82) is 5.41 Å². The standard InChI is InChI=1S/C21H16N2S/c22-12-11-19(23)15-6-3-5-14(13-15)16-8-4-9-18-17-7-1-2-10-20(17)24-21(16)18/h1-13,23H,22H2/b12-11-,23-19?. The van der Waals surface area contributed by atoms with Crippen molar-refractivity contribution in [2.75, 3.05) is 0 Å². The third kappa shape index (κ3) is 2.39. The summed E-state index contributed by atoms with van der Waals surface area (Å²) < 4.78 is 2.59. The summed E-state index contributed by atoms with van der Waals surface area (Å²) in [4.78, 5) is 0. The molecular weight excluding hydrogens is 312 g/mol. The molecule has 0 atom stereocenters. The molecule has 1 aromatic heterocycles. The second-order valence-electron chi connectivity index (χ2n) is 5.63. The molecule has 3 aromatic carbocycles. The minimum atomic E-state index is 0.419. The van der Waals surface area contributed by atoms with E-state index in [1.807, 2.05) is 23.5 Å². The minimum absolute atomic E-state index is 0.419. The maximum absolute atomic E-state index is 8.08. The van der Waals surface area contributed by atoms with Crippen LogP contribution in [0.4, 0.5) is 0 Å². The molecule has 4 aromatic rings. The number of fused-ring (bicyclic) bond motifs is 3. The third-order valence-electron chi connectivity index (χ3n) is 4.15. The van der Waals surface area contributed by atoms with E-state index in [9.17, 15) is 0 Å². The smallest absolute Gasteiger partial charge is 0.0626 e. The van der Waals surface area contributed by atoms with Crippen molar-refractivity contribution >= 4 is 37.2 Å². The molecule has 0 aliphatic carbocycles. The van der Waals surface area contributed by atoms with Gasteiger partial charge in [-0.05, 0) is 35.5 Å². The molecule has 3 N–H and O–H groups in total. The first-order valence-electron chi connectivity index (χ1n) is 7.76. The normalized spacial score (nSPS) is 11.5. The van der Waals surface area contributed by atoms with Gasteiger partial charge in [0.05, 0.1) is 5.71 Å². The van der Waals surface area contributed by atoms with Gasteiger partial charge in [-0.3, -0.25) is 0 Å². The predicted molar refractivity (Wildman–Crippen MR) is 105 cm³/mol. The van der Waals surface area contributed by atoms with Crippen LogP contribution in [0.1, 0.15) is 5.56 Å². The maximum Gasteiger partial charge on any atom is 0.0626 e. The van der Waals surface area contributed by atoms with Crippen molar-refractivity contribution in [2.45, 2.75) is 0 Å². The van der Waals surface area contributed by atoms with Gasteiger partial charge in [-0.15, -0.1) is 11.3 Å². The van der Waals surface area contributed by atoms with Gasteiger partial charge in [0.1, 0.15) is 0 Å². The highest BCUT2D eigenvalue weighted by atomic mass is 32.1. The van der Waals surface area contributed by atoms with Crippen LogP contribution in [0.5, 0.6) is 0 Å². The van der Waals surface area contributed by atoms with E-state index in [0.717, 1.165) is 11.1 Å². The van der Waals surface area contributed by atoms with Gasteiger partial charge < -0.3 is 11.1 Å². The molecule has 0 aliphatic heterocycles. The molecule has 0 saturated carbocycles. The predicted octanol–water partition coefficient (Wildman–Crippen LogP) is 5.56. The van der Waals surface area contributed by atoms with Crippen molar-refractivity contribution in [1.82, 2.24) is 0 Å². The second kappa shape index (κ2) is 5.95. The zero-order valence-electron chi connectivity index (χ0n) is 13.0. The number of nitrogens with two attached hydrogens (primary N) is 1. The van der Waals surface area contributed by atoms with Crippen molar-refractivity contribution < 1.29 is 0 Å². The van der Waals surface area contributed by atoms with E-state index in [1.165, 1.54) is 31.9 Å². The van der Waals surface area contributed by atoms with E-state index in [-0.39, 0.29) is 0 Å². The van der Waals surface area contributed by atoms with Crippen LogP contribution in [0.25, 0.3) is 31.3 Å². The van der Waals surface area contributed by atoms with Crippen molar-refractivity contribution in [2.24, 2.45) is 5.73 Å². The quantitative estimate of drug-likeness (QED) is 0.475. The lowest BCUT2D eigenvalue weighted by atomic mass is 9.99. The van der Waals surface area contributed by atoms with Gasteiger partial charge >= 0.3 is 0 Å². The molecule has 0 radical (unpaired) electrons. The minimum Gasteiger partial charge on any atom is -0.405 e. The van der Waals surface area contributed by atoms with E-state index >= 15 is 0 Å². The Morgan fingerprint density at radius 2 is 1.71 bits per heavy atom. The van der Waals surface area contributed by atoms with E-state index in [4.69, 9.17) is 11.1 Å². The van der Waals surface area contributed by atoms with Crippen molar-refractivity contribution in [3.8, 4) is 11.1 Å². The molecule has 116 valence electrons. The van der Waals surface area contributed by atoms with Crippen LogP contribution in [0.2, 0.25) is 0 Å². The fourth-order valence-electron chi connectivity index (χ4n) is 3.02. The number of allylic oxidation sites excluding steroid dienone is 1. The molecule has 0 saturated heterocycles. The Labute approximate surface area is 144 Å². The first-order chi connectivity index (χ1) is 11.8. The summed E-state index contributed by atoms with van der Waals surface area (Å²) in [5, 5.41) is 10.7. The second-order valence-corrected chi connectivity index (χ2v) is 6.69. The molecule has 0 fully saturated rings. The molecule has 4 rings (SSSR count). The van der Waals surface area contributed by atoms with Crippen LogP contribution in [0.3, 0.4) is 0 Å². The fraction of sp³-hybridized carbons (Fsp3) is 0. The monoisotopic (exact) mass is 328 g/mol. The molecule has 1 heterocycles. The Morgan fingerprint density at radius 1 is 0.917 bits per heavy atom. The maximum atomic E-state index is 8.08. The fourth-order valence-corrected chi connectivity index (χ4v) is 4.26. The zero-order valence-corrected chi connectivity index (χ0v) is 13.8. The summed E-state index contributed by atoms with van der Waals surface area (Å²) in [6, 6.07) is 23.0. The van der Waals surface area contributed by atoms with E-state index in [0.29, 0.717) is 5.71 Å². The van der Waals surface area contributed by atoms with Gasteiger partial charge in [-0.25, -0.2) is 0 Å². The summed E-state index contributed by atoms with van der Waals surface area (Å²) in [6.07, 6.45) is 3.01. The summed E-state index contributed by atoms with van der Waals surface area (Å²) >= 11 is 1.82. The van der Waals surface area contributed by atoms with Gasteiger partial charge in [0, 0.05) is 25.7 Å². The SMILES string of the molecule is N=C(/C=C\N)c1cccc(-c2cccc3c2sc2ccccc23)c1. The highest BCUT2D eigenvalue weighted by Gasteiger charge is 2.10. The lowest BCUT2D eigenvalue weighted by molar-refractivity contribution is 1.48. The average Bonchev–Trinajstić information content (AvgIpc) is 3.01. The van der Waals surface area contributed by atoms with Crippen LogP contribution < -0.4 is 5.73 Å². The number of hydrogen-bond donors (Lipinski definition) is 2. The van der Waals surface area contributed by atoms with Crippen LogP contribution in [-0.2, 0) is 0 Å². The topological polar surface area (TPSA) is 49.9 Å². The first kappa shape index (κ1) is 14.7. The van der Waals surface area contributed by atoms with Crippen molar-refractivity contribution in [3.63, 3.8) is 0 Å². The Balaban J connectivity index is 1.94. The molecule has 2 nitrogen and oxygen atoms in total. The summed E-state index contributed by atoms with van der Waals surface area (Å²) in [7, 11) is 0. The number of benzene rings is 3. The summed E-state index contributed by atoms with van der Waals surface area (Å²) in [5.41, 5.74) is 9.03. The zero-order chi connectivity index (χ0) is 16.5. The summed E-state index contributed by atoms with van der Waals surface area (Å²) in [5.74, 6) is 0. The number of hydrogen-bond acceptors (Lipinski definition) is 3. The van der Waals surface area contributed by atoms with Gasteiger partial charge in [0.25, 0.3) is 0 Å². The summed E-state index contributed by atoms with van der Waals surface area (Å²) in [6.45, 7) is 0. The number of nitrogens with one attached hydrogen (secondary N) is 1. The molecule has 0 amide bonds. The first-order valence-corrected chi connectivity index (χ1v) is 8.57. The van der Waals surface area contributed by atoms with Gasteiger partial charge in [-0.1, -0.05) is 54.6 Å². The van der Waals surface area contributed by atoms with Crippen molar-refractivity contribution in [3.05, 3.63) is 84.6 Å². The van der Waals surface area contributed by atoms with Crippen LogP contribution in [-0.4, -0.2) is 5.71 Å². The molecule has 24 heavy (non-hydrogen) atoms. The number of thiophene rings is 1. The Hall–Kier alpha value is -2.91. The highest BCUT2D eigenvalue weighted by molar-refractivity contribution is 7.26. The van der Waals surface area contributed by atoms with E-state index in [1.54, 1.807) is 6.08 Å². The lowest BCUT2D eigenvalue weighted by Gasteiger charge is -2.06. The average molecular weight is 328 g/mol. The molecular formula is C21H16N2S. The lowest BCUT2D eigenvalue weighted by Crippen LogP contribution is -1.96. The third-order valence-corrected chi connectivity index (χ3v) is 5.37. The Morgan fingerprint density at radius 3 is 2.58 bits per heavy atom.